The van der Waals surface area contributed by atoms with Crippen LogP contribution in [0.15, 0.2) is 120 Å². The van der Waals surface area contributed by atoms with Gasteiger partial charge in [-0.15, -0.1) is 0 Å². The van der Waals surface area contributed by atoms with Gasteiger partial charge in [0.25, 0.3) is 11.8 Å². The Morgan fingerprint density at radius 3 is 1.39 bits per heavy atom. The van der Waals surface area contributed by atoms with E-state index < -0.39 is 12.1 Å². The Kier molecular flexibility index (Phi) is 11.6. The second-order valence-corrected chi connectivity index (χ2v) is 14.5. The summed E-state index contributed by atoms with van der Waals surface area (Å²) in [5.41, 5.74) is 4.34. The van der Waals surface area contributed by atoms with Gasteiger partial charge in [-0.1, -0.05) is 60.7 Å². The number of carbonyl (C=O) groups excluding carboxylic acids is 4. The van der Waals surface area contributed by atoms with Crippen molar-refractivity contribution in [1.29, 1.82) is 0 Å². The van der Waals surface area contributed by atoms with Crippen LogP contribution >= 0.6 is 0 Å². The van der Waals surface area contributed by atoms with Gasteiger partial charge in [0, 0.05) is 48.7 Å². The fourth-order valence-corrected chi connectivity index (χ4v) is 7.31. The highest BCUT2D eigenvalue weighted by molar-refractivity contribution is 5.94. The van der Waals surface area contributed by atoms with E-state index in [0.717, 1.165) is 16.7 Å². The van der Waals surface area contributed by atoms with Gasteiger partial charge in [-0.3, -0.25) is 19.4 Å². The Morgan fingerprint density at radius 1 is 0.561 bits per heavy atom. The zero-order valence-electron chi connectivity index (χ0n) is 32.5. The van der Waals surface area contributed by atoms with Gasteiger partial charge in [-0.25, -0.2) is 34.6 Å². The molecule has 0 saturated carbocycles. The number of hydrazine groups is 2. The van der Waals surface area contributed by atoms with Gasteiger partial charge >= 0.3 is 12.1 Å². The molecule has 2 aliphatic rings. The summed E-state index contributed by atoms with van der Waals surface area (Å²) >= 11 is 0. The smallest absolute Gasteiger partial charge is 0.340 e. The number of rotatable bonds is 10. The maximum Gasteiger partial charge on any atom is 0.340 e. The van der Waals surface area contributed by atoms with Gasteiger partial charge in [0.1, 0.15) is 12.1 Å². The summed E-state index contributed by atoms with van der Waals surface area (Å²) in [6, 6.07) is 31.7. The topological polar surface area (TPSA) is 138 Å². The fourth-order valence-electron chi connectivity index (χ4n) is 7.31. The van der Waals surface area contributed by atoms with E-state index in [1.165, 1.54) is 20.0 Å². The number of anilines is 2. The molecule has 2 N–H and O–H groups in total. The van der Waals surface area contributed by atoms with Gasteiger partial charge in [0.15, 0.2) is 5.76 Å². The standard InChI is InChI=1S/C43H47N9O5/c1-47(2)37(31-13-7-5-8-14-31)40(53)49-25-11-27-51(49)42(55)45-34-21-17-30(18-22-34)36-29-44-39(57-36)33-19-23-35(24-20-33)46-43(56)52-28-12-26-50(52)41(54)38(48(3)4)32-15-9-6-10-16-32/h5-10,13-24,29,37-38H,11-12,25-28H2,1-4H3,(H,45,55)(H,46,56)/t37-,38-/m1/s1. The van der Waals surface area contributed by atoms with E-state index in [-0.39, 0.29) is 23.9 Å². The molecule has 0 bridgehead atoms. The van der Waals surface area contributed by atoms with Gasteiger partial charge in [0.2, 0.25) is 5.89 Å². The molecule has 0 spiro atoms. The lowest BCUT2D eigenvalue weighted by atomic mass is 10.1. The molecule has 2 aliphatic heterocycles. The number of oxazole rings is 1. The highest BCUT2D eigenvalue weighted by Crippen LogP contribution is 2.30. The van der Waals surface area contributed by atoms with E-state index in [0.29, 0.717) is 67.6 Å². The maximum absolute atomic E-state index is 13.7. The largest absolute Gasteiger partial charge is 0.436 e. The second kappa shape index (κ2) is 17.1. The van der Waals surface area contributed by atoms with Crippen LogP contribution in [0.1, 0.15) is 36.1 Å². The van der Waals surface area contributed by atoms with Crippen LogP contribution in [-0.4, -0.2) is 113 Å². The predicted molar refractivity (Wildman–Crippen MR) is 217 cm³/mol. The third-order valence-electron chi connectivity index (χ3n) is 10.1. The Hall–Kier alpha value is -6.51. The number of nitrogens with zero attached hydrogens (tertiary/aromatic N) is 7. The first-order valence-electron chi connectivity index (χ1n) is 19.0. The highest BCUT2D eigenvalue weighted by Gasteiger charge is 2.38. The summed E-state index contributed by atoms with van der Waals surface area (Å²) in [5, 5.41) is 11.9. The van der Waals surface area contributed by atoms with Gasteiger partial charge in [-0.05, 0) is 101 Å². The molecule has 0 unspecified atom stereocenters. The van der Waals surface area contributed by atoms with Crippen LogP contribution in [0.2, 0.25) is 0 Å². The first-order chi connectivity index (χ1) is 27.6. The normalized spacial score (nSPS) is 15.3. The summed E-state index contributed by atoms with van der Waals surface area (Å²) in [6.07, 6.45) is 3.00. The minimum Gasteiger partial charge on any atom is -0.436 e. The average molecular weight is 770 g/mol. The SMILES string of the molecule is CN(C)[C@@H](C(=O)N1CCCN1C(=O)Nc1ccc(-c2cnc(-c3ccc(NC(=O)N4CCCN4C(=O)[C@@H](c4ccccc4)N(C)C)cc3)o2)cc1)c1ccccc1. The first-order valence-corrected chi connectivity index (χ1v) is 19.0. The van der Waals surface area contributed by atoms with Crippen LogP contribution in [0.4, 0.5) is 21.0 Å². The summed E-state index contributed by atoms with van der Waals surface area (Å²) in [7, 11) is 7.43. The van der Waals surface area contributed by atoms with Crippen LogP contribution in [0, 0.1) is 0 Å². The molecule has 57 heavy (non-hydrogen) atoms. The second-order valence-electron chi connectivity index (χ2n) is 14.5. The van der Waals surface area contributed by atoms with E-state index in [1.54, 1.807) is 42.6 Å². The molecular weight excluding hydrogens is 723 g/mol. The molecule has 4 aromatic carbocycles. The lowest BCUT2D eigenvalue weighted by Crippen LogP contribution is -2.50. The zero-order chi connectivity index (χ0) is 40.1. The first kappa shape index (κ1) is 38.8. The third-order valence-corrected chi connectivity index (χ3v) is 10.1. The zero-order valence-corrected chi connectivity index (χ0v) is 32.5. The average Bonchev–Trinajstić information content (AvgIpc) is 4.01. The lowest BCUT2D eigenvalue weighted by molar-refractivity contribution is -0.145. The quantitative estimate of drug-likeness (QED) is 0.163. The molecule has 3 heterocycles. The number of hydrogen-bond acceptors (Lipinski definition) is 8. The summed E-state index contributed by atoms with van der Waals surface area (Å²) in [6.45, 7) is 1.78. The van der Waals surface area contributed by atoms with E-state index in [1.807, 2.05) is 111 Å². The Morgan fingerprint density at radius 2 is 0.965 bits per heavy atom. The number of hydrogen-bond donors (Lipinski definition) is 2. The van der Waals surface area contributed by atoms with Crippen molar-refractivity contribution in [2.24, 2.45) is 0 Å². The maximum atomic E-state index is 13.7. The minimum atomic E-state index is -0.519. The number of likely N-dealkylation sites (N-methyl/N-ethyl adjacent to an activating group) is 2. The van der Waals surface area contributed by atoms with Crippen LogP contribution in [0.3, 0.4) is 0 Å². The summed E-state index contributed by atoms with van der Waals surface area (Å²) in [5.74, 6) is 0.623. The lowest BCUT2D eigenvalue weighted by Gasteiger charge is -2.33. The monoisotopic (exact) mass is 769 g/mol. The minimum absolute atomic E-state index is 0.158. The molecular formula is C43H47N9O5. The van der Waals surface area contributed by atoms with E-state index >= 15 is 0 Å². The molecule has 7 rings (SSSR count). The third kappa shape index (κ3) is 8.52. The number of carbonyl (C=O) groups is 4. The molecule has 2 saturated heterocycles. The van der Waals surface area contributed by atoms with Crippen molar-refractivity contribution in [1.82, 2.24) is 34.8 Å². The molecule has 2 atom stereocenters. The van der Waals surface area contributed by atoms with Crippen molar-refractivity contribution in [2.75, 3.05) is 65.0 Å². The molecule has 294 valence electrons. The molecule has 6 amide bonds. The number of aromatic nitrogens is 1. The Labute approximate surface area is 332 Å². The van der Waals surface area contributed by atoms with Crippen LogP contribution < -0.4 is 10.6 Å². The van der Waals surface area contributed by atoms with Crippen molar-refractivity contribution in [3.05, 3.63) is 127 Å². The van der Waals surface area contributed by atoms with Gasteiger partial charge in [-0.2, -0.15) is 0 Å². The van der Waals surface area contributed by atoms with Gasteiger partial charge in [0.05, 0.1) is 6.20 Å². The number of amides is 6. The fraction of sp³-hybridized carbons (Fsp3) is 0.279. The van der Waals surface area contributed by atoms with Crippen LogP contribution in [-0.2, 0) is 9.59 Å². The van der Waals surface area contributed by atoms with Crippen molar-refractivity contribution in [2.45, 2.75) is 24.9 Å². The van der Waals surface area contributed by atoms with Crippen LogP contribution in [0.5, 0.6) is 0 Å². The van der Waals surface area contributed by atoms with Gasteiger partial charge < -0.3 is 15.1 Å². The van der Waals surface area contributed by atoms with Crippen LogP contribution in [0.25, 0.3) is 22.8 Å². The Balaban J connectivity index is 0.951. The molecule has 5 aromatic rings. The summed E-state index contributed by atoms with van der Waals surface area (Å²) in [4.78, 5) is 62.4. The predicted octanol–water partition coefficient (Wildman–Crippen LogP) is 6.58. The number of nitrogens with one attached hydrogen (secondary N) is 2. The molecule has 0 radical (unpaired) electrons. The molecule has 14 nitrogen and oxygen atoms in total. The molecule has 2 fully saturated rings. The van der Waals surface area contributed by atoms with Crippen molar-refractivity contribution >= 4 is 35.3 Å². The number of urea groups is 2. The van der Waals surface area contributed by atoms with Crippen molar-refractivity contribution in [3.63, 3.8) is 0 Å². The van der Waals surface area contributed by atoms with E-state index in [9.17, 15) is 19.2 Å². The van der Waals surface area contributed by atoms with E-state index in [2.05, 4.69) is 15.6 Å². The van der Waals surface area contributed by atoms with Crippen molar-refractivity contribution in [3.8, 4) is 22.8 Å². The van der Waals surface area contributed by atoms with E-state index in [4.69, 9.17) is 4.42 Å². The molecule has 1 aromatic heterocycles. The molecule has 0 aliphatic carbocycles. The highest BCUT2D eigenvalue weighted by atomic mass is 16.4. The number of benzene rings is 4. The molecule has 14 heteroatoms. The summed E-state index contributed by atoms with van der Waals surface area (Å²) < 4.78 is 6.10. The van der Waals surface area contributed by atoms with Crippen molar-refractivity contribution < 1.29 is 23.6 Å². The Bertz CT molecular complexity index is 2020.